The Bertz CT molecular complexity index is 507. The normalized spacial score (nSPS) is 13.4. The number of ether oxygens (including phenoxy) is 1. The van der Waals surface area contributed by atoms with E-state index in [0.29, 0.717) is 5.56 Å². The second kappa shape index (κ2) is 6.93. The van der Waals surface area contributed by atoms with E-state index in [1.165, 1.54) is 45.2 Å². The molecule has 0 aliphatic heterocycles. The highest BCUT2D eigenvalue weighted by atomic mass is 19.1. The Kier molecular flexibility index (Phi) is 5.55. The summed E-state index contributed by atoms with van der Waals surface area (Å²) in [5.41, 5.74) is 0.562. The summed E-state index contributed by atoms with van der Waals surface area (Å²) in [6, 6.07) is 5.41. The zero-order chi connectivity index (χ0) is 15.3. The fraction of sp³-hybridized carbons (Fsp3) is 0.400. The van der Waals surface area contributed by atoms with E-state index in [9.17, 15) is 18.8 Å². The van der Waals surface area contributed by atoms with Crippen molar-refractivity contribution in [3.05, 3.63) is 35.6 Å². The number of benzene rings is 1. The minimum atomic E-state index is -1.06. The lowest BCUT2D eigenvalue weighted by molar-refractivity contribution is -0.150. The topological polar surface area (TPSA) is 60.4 Å². The molecule has 4 nitrogen and oxygen atoms in total. The summed E-state index contributed by atoms with van der Waals surface area (Å²) >= 11 is 0. The van der Waals surface area contributed by atoms with E-state index in [2.05, 4.69) is 4.74 Å². The monoisotopic (exact) mass is 280 g/mol. The number of hydrogen-bond donors (Lipinski definition) is 0. The molecule has 20 heavy (non-hydrogen) atoms. The molecule has 0 radical (unpaired) electrons. The SMILES string of the molecule is COC(=O)C(C(C)=O)C(CC(C)=O)c1ccc(F)cc1. The van der Waals surface area contributed by atoms with Crippen LogP contribution in [0.1, 0.15) is 31.7 Å². The van der Waals surface area contributed by atoms with Gasteiger partial charge in [-0.3, -0.25) is 9.59 Å². The predicted molar refractivity (Wildman–Crippen MR) is 70.6 cm³/mol. The Balaban J connectivity index is 3.21. The lowest BCUT2D eigenvalue weighted by Crippen LogP contribution is -2.31. The van der Waals surface area contributed by atoms with Gasteiger partial charge in [0, 0.05) is 12.3 Å². The van der Waals surface area contributed by atoms with Gasteiger partial charge in [0.1, 0.15) is 23.3 Å². The minimum absolute atomic E-state index is 0.0188. The molecule has 1 aromatic rings. The largest absolute Gasteiger partial charge is 0.468 e. The van der Waals surface area contributed by atoms with Gasteiger partial charge in [0.25, 0.3) is 0 Å². The molecule has 0 fully saturated rings. The van der Waals surface area contributed by atoms with Crippen LogP contribution in [0.15, 0.2) is 24.3 Å². The molecule has 0 spiro atoms. The first-order valence-corrected chi connectivity index (χ1v) is 6.20. The zero-order valence-corrected chi connectivity index (χ0v) is 11.7. The van der Waals surface area contributed by atoms with Crippen LogP contribution in [0.4, 0.5) is 4.39 Å². The van der Waals surface area contributed by atoms with E-state index in [0.717, 1.165) is 0 Å². The number of esters is 1. The third-order valence-electron chi connectivity index (χ3n) is 3.10. The van der Waals surface area contributed by atoms with Gasteiger partial charge in [-0.2, -0.15) is 0 Å². The highest BCUT2D eigenvalue weighted by Crippen LogP contribution is 2.30. The van der Waals surface area contributed by atoms with Gasteiger partial charge in [0.15, 0.2) is 0 Å². The molecule has 2 unspecified atom stereocenters. The van der Waals surface area contributed by atoms with Gasteiger partial charge in [-0.25, -0.2) is 4.39 Å². The quantitative estimate of drug-likeness (QED) is 0.592. The summed E-state index contributed by atoms with van der Waals surface area (Å²) in [6.45, 7) is 2.66. The zero-order valence-electron chi connectivity index (χ0n) is 11.7. The van der Waals surface area contributed by atoms with Crippen LogP contribution in [0.2, 0.25) is 0 Å². The Hall–Kier alpha value is -2.04. The number of carbonyl (C=O) groups excluding carboxylic acids is 3. The lowest BCUT2D eigenvalue weighted by atomic mass is 9.80. The fourth-order valence-corrected chi connectivity index (χ4v) is 2.19. The van der Waals surface area contributed by atoms with Gasteiger partial charge in [0.2, 0.25) is 0 Å². The molecule has 0 saturated carbocycles. The number of hydrogen-bond acceptors (Lipinski definition) is 4. The lowest BCUT2D eigenvalue weighted by Gasteiger charge is -2.22. The molecule has 0 saturated heterocycles. The van der Waals surface area contributed by atoms with Crippen molar-refractivity contribution in [2.75, 3.05) is 7.11 Å². The van der Waals surface area contributed by atoms with Crippen LogP contribution in [0.3, 0.4) is 0 Å². The molecule has 0 aliphatic carbocycles. The van der Waals surface area contributed by atoms with E-state index in [1.807, 2.05) is 0 Å². The molecular weight excluding hydrogens is 263 g/mol. The average molecular weight is 280 g/mol. The molecule has 0 amide bonds. The van der Waals surface area contributed by atoms with Crippen molar-refractivity contribution in [3.63, 3.8) is 0 Å². The second-order valence-electron chi connectivity index (χ2n) is 4.68. The fourth-order valence-electron chi connectivity index (χ4n) is 2.19. The van der Waals surface area contributed by atoms with Crippen LogP contribution < -0.4 is 0 Å². The maximum absolute atomic E-state index is 13.0. The van der Waals surface area contributed by atoms with E-state index < -0.39 is 23.6 Å². The number of carbonyl (C=O) groups is 3. The van der Waals surface area contributed by atoms with Gasteiger partial charge < -0.3 is 9.53 Å². The van der Waals surface area contributed by atoms with Crippen molar-refractivity contribution < 1.29 is 23.5 Å². The third kappa shape index (κ3) is 3.98. The van der Waals surface area contributed by atoms with Crippen LogP contribution in [0.25, 0.3) is 0 Å². The molecule has 1 aromatic carbocycles. The predicted octanol–water partition coefficient (Wildman–Crippen LogP) is 2.27. The first-order valence-electron chi connectivity index (χ1n) is 6.20. The summed E-state index contributed by atoms with van der Waals surface area (Å²) in [7, 11) is 1.19. The van der Waals surface area contributed by atoms with Gasteiger partial charge in [-0.1, -0.05) is 12.1 Å². The van der Waals surface area contributed by atoms with Gasteiger partial charge >= 0.3 is 5.97 Å². The highest BCUT2D eigenvalue weighted by Gasteiger charge is 2.35. The molecule has 108 valence electrons. The highest BCUT2D eigenvalue weighted by molar-refractivity contribution is 5.99. The molecule has 0 heterocycles. The number of ketones is 2. The Morgan fingerprint density at radius 2 is 1.70 bits per heavy atom. The first kappa shape index (κ1) is 16.0. The van der Waals surface area contributed by atoms with Crippen molar-refractivity contribution in [3.8, 4) is 0 Å². The summed E-state index contributed by atoms with van der Waals surface area (Å²) in [5, 5.41) is 0. The van der Waals surface area contributed by atoms with Crippen LogP contribution in [0, 0.1) is 11.7 Å². The molecular formula is C15H17FO4. The van der Waals surface area contributed by atoms with E-state index in [-0.39, 0.29) is 18.0 Å². The first-order chi connectivity index (χ1) is 9.36. The van der Waals surface area contributed by atoms with Gasteiger partial charge in [-0.05, 0) is 31.5 Å². The second-order valence-corrected chi connectivity index (χ2v) is 4.68. The molecule has 2 atom stereocenters. The molecule has 0 bridgehead atoms. The Morgan fingerprint density at radius 1 is 1.15 bits per heavy atom. The van der Waals surface area contributed by atoms with E-state index in [4.69, 9.17) is 0 Å². The summed E-state index contributed by atoms with van der Waals surface area (Å²) in [4.78, 5) is 34.9. The van der Waals surface area contributed by atoms with Crippen molar-refractivity contribution in [1.29, 1.82) is 0 Å². The van der Waals surface area contributed by atoms with Crippen molar-refractivity contribution >= 4 is 17.5 Å². The number of halogens is 1. The standard InChI is InChI=1S/C15H17FO4/c1-9(17)8-13(11-4-6-12(16)7-5-11)14(10(2)18)15(19)20-3/h4-7,13-14H,8H2,1-3H3. The van der Waals surface area contributed by atoms with E-state index in [1.54, 1.807) is 0 Å². The van der Waals surface area contributed by atoms with Crippen LogP contribution in [0.5, 0.6) is 0 Å². The Labute approximate surface area is 116 Å². The third-order valence-corrected chi connectivity index (χ3v) is 3.10. The summed E-state index contributed by atoms with van der Waals surface area (Å²) < 4.78 is 17.6. The maximum Gasteiger partial charge on any atom is 0.316 e. The molecule has 0 aromatic heterocycles. The number of rotatable bonds is 6. The van der Waals surface area contributed by atoms with Crippen LogP contribution >= 0.6 is 0 Å². The molecule has 1 rings (SSSR count). The van der Waals surface area contributed by atoms with Crippen molar-refractivity contribution in [1.82, 2.24) is 0 Å². The van der Waals surface area contributed by atoms with Gasteiger partial charge in [-0.15, -0.1) is 0 Å². The van der Waals surface area contributed by atoms with E-state index >= 15 is 0 Å². The number of methoxy groups -OCH3 is 1. The van der Waals surface area contributed by atoms with Crippen LogP contribution in [-0.4, -0.2) is 24.6 Å². The number of Topliss-reactive ketones (excluding diaryl/α,β-unsaturated/α-hetero) is 2. The van der Waals surface area contributed by atoms with Crippen LogP contribution in [-0.2, 0) is 19.1 Å². The summed E-state index contributed by atoms with van der Waals surface area (Å²) in [6.07, 6.45) is 0.0188. The molecule has 5 heteroatoms. The average Bonchev–Trinajstić information content (AvgIpc) is 2.37. The minimum Gasteiger partial charge on any atom is -0.468 e. The van der Waals surface area contributed by atoms with Gasteiger partial charge in [0.05, 0.1) is 7.11 Å². The van der Waals surface area contributed by atoms with Crippen molar-refractivity contribution in [2.45, 2.75) is 26.2 Å². The maximum atomic E-state index is 13.0. The molecule has 0 aliphatic rings. The smallest absolute Gasteiger partial charge is 0.316 e. The summed E-state index contributed by atoms with van der Waals surface area (Å²) in [5.74, 6) is -3.35. The molecule has 0 N–H and O–H groups in total. The van der Waals surface area contributed by atoms with Crippen molar-refractivity contribution in [2.24, 2.45) is 5.92 Å². The Morgan fingerprint density at radius 3 is 2.10 bits per heavy atom.